The largest absolute Gasteiger partial charge is 0.452 e. The summed E-state index contributed by atoms with van der Waals surface area (Å²) < 4.78 is 5.20. The Kier molecular flexibility index (Phi) is 2.64. The number of benzene rings is 1. The zero-order valence-corrected chi connectivity index (χ0v) is 9.08. The van der Waals surface area contributed by atoms with Crippen molar-refractivity contribution in [1.29, 1.82) is 0 Å². The SMILES string of the molecule is CC(=O)OC1C(=S)C=Cc2ccccc21. The van der Waals surface area contributed by atoms with Gasteiger partial charge < -0.3 is 4.74 Å². The van der Waals surface area contributed by atoms with Gasteiger partial charge in [0.05, 0.1) is 4.86 Å². The standard InChI is InChI=1S/C12H10O2S/c1-8(13)14-12-10-5-3-2-4-9(10)6-7-11(12)15/h2-7,12H,1H3. The maximum atomic E-state index is 11.0. The van der Waals surface area contributed by atoms with E-state index in [2.05, 4.69) is 0 Å². The van der Waals surface area contributed by atoms with Gasteiger partial charge in [0, 0.05) is 12.5 Å². The first-order chi connectivity index (χ1) is 7.18. The summed E-state index contributed by atoms with van der Waals surface area (Å²) >= 11 is 5.16. The molecule has 0 amide bonds. The van der Waals surface area contributed by atoms with Crippen LogP contribution >= 0.6 is 12.2 Å². The number of carbonyl (C=O) groups is 1. The Bertz CT molecular complexity index is 449. The molecule has 0 aliphatic heterocycles. The Balaban J connectivity index is 2.42. The third-order valence-electron chi connectivity index (χ3n) is 2.25. The minimum Gasteiger partial charge on any atom is -0.452 e. The molecule has 1 aliphatic carbocycles. The minimum atomic E-state index is -0.404. The maximum absolute atomic E-state index is 11.0. The quantitative estimate of drug-likeness (QED) is 0.535. The molecule has 0 fully saturated rings. The maximum Gasteiger partial charge on any atom is 0.303 e. The van der Waals surface area contributed by atoms with Gasteiger partial charge >= 0.3 is 5.97 Å². The molecular formula is C12H10O2S. The first-order valence-electron chi connectivity index (χ1n) is 4.66. The van der Waals surface area contributed by atoms with Gasteiger partial charge in [-0.25, -0.2) is 0 Å². The van der Waals surface area contributed by atoms with Gasteiger partial charge in [-0.2, -0.15) is 0 Å². The van der Waals surface area contributed by atoms with Gasteiger partial charge in [0.1, 0.15) is 0 Å². The molecule has 0 saturated heterocycles. The van der Waals surface area contributed by atoms with Crippen LogP contribution in [0.5, 0.6) is 0 Å². The van der Waals surface area contributed by atoms with Crippen molar-refractivity contribution in [2.45, 2.75) is 13.0 Å². The molecule has 0 spiro atoms. The summed E-state index contributed by atoms with van der Waals surface area (Å²) in [6, 6.07) is 7.77. The summed E-state index contributed by atoms with van der Waals surface area (Å²) in [4.78, 5) is 11.6. The molecule has 1 aromatic rings. The molecule has 3 heteroatoms. The Morgan fingerprint density at radius 1 is 1.33 bits per heavy atom. The normalized spacial score (nSPS) is 18.5. The molecule has 15 heavy (non-hydrogen) atoms. The molecule has 1 aliphatic rings. The van der Waals surface area contributed by atoms with Crippen molar-refractivity contribution < 1.29 is 9.53 Å². The van der Waals surface area contributed by atoms with Crippen molar-refractivity contribution >= 4 is 29.1 Å². The number of esters is 1. The summed E-state index contributed by atoms with van der Waals surface area (Å²) in [5, 5.41) is 0. The number of hydrogen-bond donors (Lipinski definition) is 0. The van der Waals surface area contributed by atoms with Gasteiger partial charge in [-0.05, 0) is 11.6 Å². The molecule has 0 saturated carbocycles. The van der Waals surface area contributed by atoms with Gasteiger partial charge in [0.25, 0.3) is 0 Å². The van der Waals surface area contributed by atoms with Crippen molar-refractivity contribution in [2.75, 3.05) is 0 Å². The summed E-state index contributed by atoms with van der Waals surface area (Å²) in [7, 11) is 0. The predicted octanol–water partition coefficient (Wildman–Crippen LogP) is 2.69. The third-order valence-corrected chi connectivity index (χ3v) is 2.60. The van der Waals surface area contributed by atoms with Crippen LogP contribution in [0.2, 0.25) is 0 Å². The molecular weight excluding hydrogens is 208 g/mol. The fraction of sp³-hybridized carbons (Fsp3) is 0.167. The first kappa shape index (κ1) is 10.1. The van der Waals surface area contributed by atoms with Crippen molar-refractivity contribution in [3.05, 3.63) is 41.5 Å². The van der Waals surface area contributed by atoms with E-state index in [0.29, 0.717) is 4.86 Å². The zero-order valence-electron chi connectivity index (χ0n) is 8.27. The van der Waals surface area contributed by atoms with Gasteiger partial charge in [-0.3, -0.25) is 4.79 Å². The van der Waals surface area contributed by atoms with Crippen LogP contribution in [0.4, 0.5) is 0 Å². The van der Waals surface area contributed by atoms with Gasteiger partial charge in [0.15, 0.2) is 6.10 Å². The zero-order chi connectivity index (χ0) is 10.8. The molecule has 2 nitrogen and oxygen atoms in total. The van der Waals surface area contributed by atoms with Crippen molar-refractivity contribution in [1.82, 2.24) is 0 Å². The minimum absolute atomic E-state index is 0.313. The van der Waals surface area contributed by atoms with Crippen LogP contribution in [-0.2, 0) is 9.53 Å². The second-order valence-corrected chi connectivity index (χ2v) is 3.83. The first-order valence-corrected chi connectivity index (χ1v) is 5.07. The number of ether oxygens (including phenoxy) is 1. The molecule has 0 radical (unpaired) electrons. The molecule has 0 N–H and O–H groups in total. The van der Waals surface area contributed by atoms with Gasteiger partial charge in [0.2, 0.25) is 0 Å². The van der Waals surface area contributed by atoms with E-state index in [9.17, 15) is 4.79 Å². The molecule has 0 bridgehead atoms. The Hall–Kier alpha value is -1.48. The number of hydrogen-bond acceptors (Lipinski definition) is 3. The van der Waals surface area contributed by atoms with Gasteiger partial charge in [-0.1, -0.05) is 42.6 Å². The van der Waals surface area contributed by atoms with Crippen LogP contribution in [0.1, 0.15) is 24.2 Å². The van der Waals surface area contributed by atoms with E-state index < -0.39 is 6.10 Å². The van der Waals surface area contributed by atoms with Crippen molar-refractivity contribution in [3.8, 4) is 0 Å². The van der Waals surface area contributed by atoms with E-state index in [1.807, 2.05) is 36.4 Å². The highest BCUT2D eigenvalue weighted by molar-refractivity contribution is 7.80. The highest BCUT2D eigenvalue weighted by atomic mass is 32.1. The van der Waals surface area contributed by atoms with Crippen LogP contribution in [0.3, 0.4) is 0 Å². The van der Waals surface area contributed by atoms with Crippen molar-refractivity contribution in [3.63, 3.8) is 0 Å². The average molecular weight is 218 g/mol. The van der Waals surface area contributed by atoms with Crippen LogP contribution in [0.25, 0.3) is 6.08 Å². The Morgan fingerprint density at radius 3 is 2.80 bits per heavy atom. The van der Waals surface area contributed by atoms with E-state index in [0.717, 1.165) is 11.1 Å². The molecule has 0 heterocycles. The average Bonchev–Trinajstić information content (AvgIpc) is 2.22. The number of thiocarbonyl (C=S) groups is 1. The number of carbonyl (C=O) groups excluding carboxylic acids is 1. The Labute approximate surface area is 93.6 Å². The van der Waals surface area contributed by atoms with E-state index in [-0.39, 0.29) is 5.97 Å². The molecule has 0 aromatic heterocycles. The lowest BCUT2D eigenvalue weighted by molar-refractivity contribution is -0.143. The molecule has 2 rings (SSSR count). The Morgan fingerprint density at radius 2 is 2.07 bits per heavy atom. The van der Waals surface area contributed by atoms with E-state index >= 15 is 0 Å². The predicted molar refractivity (Wildman–Crippen MR) is 62.6 cm³/mol. The highest BCUT2D eigenvalue weighted by Gasteiger charge is 2.23. The number of fused-ring (bicyclic) bond motifs is 1. The van der Waals surface area contributed by atoms with E-state index in [4.69, 9.17) is 17.0 Å². The molecule has 76 valence electrons. The second-order valence-electron chi connectivity index (χ2n) is 3.35. The topological polar surface area (TPSA) is 26.3 Å². The highest BCUT2D eigenvalue weighted by Crippen LogP contribution is 2.29. The summed E-state index contributed by atoms with van der Waals surface area (Å²) in [6.07, 6.45) is 3.35. The summed E-state index contributed by atoms with van der Waals surface area (Å²) in [6.45, 7) is 1.39. The molecule has 1 aromatic carbocycles. The molecule has 1 unspecified atom stereocenters. The summed E-state index contributed by atoms with van der Waals surface area (Å²) in [5.74, 6) is -0.313. The van der Waals surface area contributed by atoms with E-state index in [1.54, 1.807) is 0 Å². The van der Waals surface area contributed by atoms with E-state index in [1.165, 1.54) is 6.92 Å². The van der Waals surface area contributed by atoms with Crippen LogP contribution in [-0.4, -0.2) is 10.8 Å². The van der Waals surface area contributed by atoms with Crippen LogP contribution in [0.15, 0.2) is 30.3 Å². The fourth-order valence-corrected chi connectivity index (χ4v) is 1.84. The van der Waals surface area contributed by atoms with Crippen LogP contribution in [0, 0.1) is 0 Å². The van der Waals surface area contributed by atoms with Crippen LogP contribution < -0.4 is 0 Å². The lowest BCUT2D eigenvalue weighted by Crippen LogP contribution is -2.18. The third kappa shape index (κ3) is 1.97. The van der Waals surface area contributed by atoms with Gasteiger partial charge in [-0.15, -0.1) is 0 Å². The monoisotopic (exact) mass is 218 g/mol. The fourth-order valence-electron chi connectivity index (χ4n) is 1.60. The lowest BCUT2D eigenvalue weighted by atomic mass is 9.95. The van der Waals surface area contributed by atoms with Crippen molar-refractivity contribution in [2.24, 2.45) is 0 Å². The molecule has 1 atom stereocenters. The summed E-state index contributed by atoms with van der Waals surface area (Å²) in [5.41, 5.74) is 2.01. The number of rotatable bonds is 1. The lowest BCUT2D eigenvalue weighted by Gasteiger charge is -2.21. The second kappa shape index (κ2) is 3.95. The smallest absolute Gasteiger partial charge is 0.303 e.